The standard InChI is InChI=1S/C21H17N3O3/c1-24(8-9-25)16-7-6-14-10-17(26-20(14)12-16)11-15(13-22)21-23-18-4-2-3-5-19(18)27-21/h2-7,10-12,25H,8-9H2,1H3/b15-11+. The van der Waals surface area contributed by atoms with E-state index in [-0.39, 0.29) is 12.5 Å². The summed E-state index contributed by atoms with van der Waals surface area (Å²) in [5.74, 6) is 0.813. The molecule has 0 saturated carbocycles. The van der Waals surface area contributed by atoms with Crippen molar-refractivity contribution in [2.45, 2.75) is 0 Å². The number of benzene rings is 2. The van der Waals surface area contributed by atoms with E-state index in [0.29, 0.717) is 34.6 Å². The van der Waals surface area contributed by atoms with Gasteiger partial charge in [-0.1, -0.05) is 12.1 Å². The van der Waals surface area contributed by atoms with Gasteiger partial charge in [-0.05, 0) is 30.3 Å². The van der Waals surface area contributed by atoms with E-state index in [9.17, 15) is 5.26 Å². The Balaban J connectivity index is 1.70. The van der Waals surface area contributed by atoms with Gasteiger partial charge in [0.15, 0.2) is 5.58 Å². The Morgan fingerprint density at radius 3 is 2.81 bits per heavy atom. The highest BCUT2D eigenvalue weighted by Gasteiger charge is 2.12. The monoisotopic (exact) mass is 359 g/mol. The Morgan fingerprint density at radius 1 is 1.19 bits per heavy atom. The third kappa shape index (κ3) is 3.28. The second kappa shape index (κ2) is 6.98. The van der Waals surface area contributed by atoms with Crippen LogP contribution in [0.5, 0.6) is 0 Å². The van der Waals surface area contributed by atoms with Crippen LogP contribution in [-0.4, -0.2) is 30.3 Å². The largest absolute Gasteiger partial charge is 0.457 e. The lowest BCUT2D eigenvalue weighted by atomic mass is 10.2. The minimum atomic E-state index is 0.0801. The highest BCUT2D eigenvalue weighted by Crippen LogP contribution is 2.28. The number of aliphatic hydroxyl groups excluding tert-OH is 1. The molecule has 1 N–H and O–H groups in total. The van der Waals surface area contributed by atoms with Gasteiger partial charge >= 0.3 is 0 Å². The Bertz CT molecular complexity index is 1150. The van der Waals surface area contributed by atoms with Crippen molar-refractivity contribution in [2.24, 2.45) is 0 Å². The SMILES string of the molecule is CN(CCO)c1ccc2cc(/C=C(\C#N)c3nc4ccccc4o3)oc2c1. The molecular formula is C21H17N3O3. The molecule has 0 spiro atoms. The zero-order valence-electron chi connectivity index (χ0n) is 14.7. The summed E-state index contributed by atoms with van der Waals surface area (Å²) in [7, 11) is 1.90. The van der Waals surface area contributed by atoms with Crippen LogP contribution in [0.25, 0.3) is 33.7 Å². The molecule has 0 atom stereocenters. The van der Waals surface area contributed by atoms with Gasteiger partial charge in [0.2, 0.25) is 5.89 Å². The minimum absolute atomic E-state index is 0.0801. The van der Waals surface area contributed by atoms with Crippen LogP contribution in [0.1, 0.15) is 11.7 Å². The molecule has 0 amide bonds. The summed E-state index contributed by atoms with van der Waals surface area (Å²) in [6.45, 7) is 0.617. The number of anilines is 1. The van der Waals surface area contributed by atoms with Crippen molar-refractivity contribution in [3.05, 3.63) is 60.2 Å². The number of hydrogen-bond donors (Lipinski definition) is 1. The van der Waals surface area contributed by atoms with E-state index in [1.165, 1.54) is 0 Å². The molecule has 0 aliphatic heterocycles. The second-order valence-electron chi connectivity index (χ2n) is 6.17. The van der Waals surface area contributed by atoms with E-state index in [1.807, 2.05) is 60.5 Å². The van der Waals surface area contributed by atoms with Crippen LogP contribution in [0.3, 0.4) is 0 Å². The fourth-order valence-electron chi connectivity index (χ4n) is 2.90. The first-order valence-corrected chi connectivity index (χ1v) is 8.51. The number of furan rings is 1. The first kappa shape index (κ1) is 16.9. The van der Waals surface area contributed by atoms with Crippen molar-refractivity contribution < 1.29 is 13.9 Å². The van der Waals surface area contributed by atoms with E-state index in [4.69, 9.17) is 13.9 Å². The van der Waals surface area contributed by atoms with Gasteiger partial charge in [-0.25, -0.2) is 4.98 Å². The van der Waals surface area contributed by atoms with Gasteiger partial charge < -0.3 is 18.8 Å². The molecule has 0 aliphatic rings. The Kier molecular flexibility index (Phi) is 4.37. The molecule has 0 unspecified atom stereocenters. The van der Waals surface area contributed by atoms with Crippen LogP contribution >= 0.6 is 0 Å². The maximum atomic E-state index is 9.53. The average Bonchev–Trinajstić information content (AvgIpc) is 3.28. The first-order chi connectivity index (χ1) is 13.2. The molecular weight excluding hydrogens is 342 g/mol. The molecule has 2 heterocycles. The first-order valence-electron chi connectivity index (χ1n) is 8.51. The number of aromatic nitrogens is 1. The summed E-state index contributed by atoms with van der Waals surface area (Å²) in [5, 5.41) is 19.5. The number of nitrogens with zero attached hydrogens (tertiary/aromatic N) is 3. The number of aliphatic hydroxyl groups is 1. The van der Waals surface area contributed by atoms with E-state index < -0.39 is 0 Å². The minimum Gasteiger partial charge on any atom is -0.457 e. The number of oxazole rings is 1. The molecule has 0 bridgehead atoms. The lowest BCUT2D eigenvalue weighted by Crippen LogP contribution is -2.20. The number of rotatable bonds is 5. The second-order valence-corrected chi connectivity index (χ2v) is 6.17. The van der Waals surface area contributed by atoms with E-state index in [0.717, 1.165) is 11.1 Å². The number of likely N-dealkylation sites (N-methyl/N-ethyl adjacent to an activating group) is 1. The van der Waals surface area contributed by atoms with Gasteiger partial charge in [-0.3, -0.25) is 0 Å². The van der Waals surface area contributed by atoms with Crippen LogP contribution in [0, 0.1) is 11.3 Å². The molecule has 0 aliphatic carbocycles. The van der Waals surface area contributed by atoms with Gasteiger partial charge in [-0.15, -0.1) is 0 Å². The normalized spacial score (nSPS) is 11.8. The van der Waals surface area contributed by atoms with Crippen LogP contribution in [0.2, 0.25) is 0 Å². The summed E-state index contributed by atoms with van der Waals surface area (Å²) >= 11 is 0. The highest BCUT2D eigenvalue weighted by atomic mass is 16.3. The Hall–Kier alpha value is -3.56. The lowest BCUT2D eigenvalue weighted by molar-refractivity contribution is 0.304. The zero-order chi connectivity index (χ0) is 18.8. The van der Waals surface area contributed by atoms with Gasteiger partial charge in [0.05, 0.1) is 6.61 Å². The van der Waals surface area contributed by atoms with Crippen LogP contribution in [0.4, 0.5) is 5.69 Å². The summed E-state index contributed by atoms with van der Waals surface area (Å²) in [6, 6.07) is 17.2. The van der Waals surface area contributed by atoms with Crippen molar-refractivity contribution >= 4 is 39.4 Å². The average molecular weight is 359 g/mol. The summed E-state index contributed by atoms with van der Waals surface area (Å²) in [4.78, 5) is 6.30. The van der Waals surface area contributed by atoms with Gasteiger partial charge in [0.25, 0.3) is 0 Å². The fourth-order valence-corrected chi connectivity index (χ4v) is 2.90. The Morgan fingerprint density at radius 2 is 2.04 bits per heavy atom. The predicted octanol–water partition coefficient (Wildman–Crippen LogP) is 4.07. The number of allylic oxidation sites excluding steroid dienone is 1. The molecule has 4 rings (SSSR count). The molecule has 0 saturated heterocycles. The third-order valence-corrected chi connectivity index (χ3v) is 4.33. The number of para-hydroxylation sites is 2. The maximum Gasteiger partial charge on any atom is 0.238 e. The molecule has 6 nitrogen and oxygen atoms in total. The zero-order valence-corrected chi connectivity index (χ0v) is 14.7. The number of fused-ring (bicyclic) bond motifs is 2. The lowest BCUT2D eigenvalue weighted by Gasteiger charge is -2.17. The molecule has 0 fully saturated rings. The topological polar surface area (TPSA) is 86.4 Å². The predicted molar refractivity (Wildman–Crippen MR) is 104 cm³/mol. The summed E-state index contributed by atoms with van der Waals surface area (Å²) in [5.41, 5.74) is 3.28. The van der Waals surface area contributed by atoms with Gasteiger partial charge in [0.1, 0.15) is 28.5 Å². The smallest absolute Gasteiger partial charge is 0.238 e. The number of nitriles is 1. The highest BCUT2D eigenvalue weighted by molar-refractivity contribution is 5.91. The molecule has 4 aromatic rings. The van der Waals surface area contributed by atoms with Crippen LogP contribution < -0.4 is 4.90 Å². The van der Waals surface area contributed by atoms with Crippen LogP contribution in [-0.2, 0) is 0 Å². The van der Waals surface area contributed by atoms with E-state index in [1.54, 1.807) is 6.08 Å². The summed E-state index contributed by atoms with van der Waals surface area (Å²) in [6.07, 6.45) is 1.63. The third-order valence-electron chi connectivity index (χ3n) is 4.33. The summed E-state index contributed by atoms with van der Waals surface area (Å²) < 4.78 is 11.5. The van der Waals surface area contributed by atoms with E-state index >= 15 is 0 Å². The van der Waals surface area contributed by atoms with Crippen molar-refractivity contribution in [3.8, 4) is 6.07 Å². The van der Waals surface area contributed by atoms with Crippen molar-refractivity contribution in [3.63, 3.8) is 0 Å². The molecule has 6 heteroatoms. The quantitative estimate of drug-likeness (QED) is 0.541. The van der Waals surface area contributed by atoms with Crippen molar-refractivity contribution in [1.82, 2.24) is 4.98 Å². The van der Waals surface area contributed by atoms with Crippen LogP contribution in [0.15, 0.2) is 57.4 Å². The van der Waals surface area contributed by atoms with Gasteiger partial charge in [0, 0.05) is 36.8 Å². The molecule has 0 radical (unpaired) electrons. The molecule has 27 heavy (non-hydrogen) atoms. The number of hydrogen-bond acceptors (Lipinski definition) is 6. The molecule has 2 aromatic carbocycles. The van der Waals surface area contributed by atoms with E-state index in [2.05, 4.69) is 11.1 Å². The molecule has 134 valence electrons. The molecule has 2 aromatic heterocycles. The van der Waals surface area contributed by atoms with Crippen molar-refractivity contribution in [2.75, 3.05) is 25.1 Å². The van der Waals surface area contributed by atoms with Gasteiger partial charge in [-0.2, -0.15) is 5.26 Å². The van der Waals surface area contributed by atoms with Crippen molar-refractivity contribution in [1.29, 1.82) is 5.26 Å². The Labute approximate surface area is 155 Å². The maximum absolute atomic E-state index is 9.53. The fraction of sp³-hybridized carbons (Fsp3) is 0.143.